The van der Waals surface area contributed by atoms with Gasteiger partial charge in [-0.15, -0.1) is 0 Å². The Hall–Kier alpha value is -2.37. The number of hydrogen-bond donors (Lipinski definition) is 1. The highest BCUT2D eigenvalue weighted by Crippen LogP contribution is 2.31. The molecule has 2 aromatic heterocycles. The van der Waals surface area contributed by atoms with Crippen molar-refractivity contribution in [2.75, 3.05) is 13.1 Å². The smallest absolute Gasteiger partial charge is 0.317 e. The molecule has 1 aliphatic heterocycles. The molecule has 6 heteroatoms. The summed E-state index contributed by atoms with van der Waals surface area (Å²) in [6.07, 6.45) is 10.2. The monoisotopic (exact) mass is 299 g/mol. The summed E-state index contributed by atoms with van der Waals surface area (Å²) >= 11 is 0. The average molecular weight is 299 g/mol. The van der Waals surface area contributed by atoms with Crippen LogP contribution in [0.15, 0.2) is 43.0 Å². The second-order valence-corrected chi connectivity index (χ2v) is 5.49. The molecular weight excluding hydrogens is 278 g/mol. The molecule has 1 N–H and O–H groups in total. The molecule has 116 valence electrons. The molecule has 0 aliphatic carbocycles. The number of carbonyl (C=O) groups excluding carboxylic acids is 1. The summed E-state index contributed by atoms with van der Waals surface area (Å²) in [6, 6.07) is 6.10. The van der Waals surface area contributed by atoms with E-state index in [1.165, 1.54) is 5.56 Å². The Labute approximate surface area is 130 Å². The van der Waals surface area contributed by atoms with Crippen LogP contribution in [0.4, 0.5) is 4.79 Å². The molecule has 2 aromatic rings. The van der Waals surface area contributed by atoms with E-state index >= 15 is 0 Å². The van der Waals surface area contributed by atoms with Gasteiger partial charge in [-0.3, -0.25) is 9.67 Å². The first-order valence-corrected chi connectivity index (χ1v) is 7.76. The van der Waals surface area contributed by atoms with Gasteiger partial charge in [0, 0.05) is 44.4 Å². The highest BCUT2D eigenvalue weighted by Gasteiger charge is 2.29. The van der Waals surface area contributed by atoms with Crippen LogP contribution in [0.2, 0.25) is 0 Å². The van der Waals surface area contributed by atoms with E-state index in [9.17, 15) is 4.79 Å². The third-order valence-corrected chi connectivity index (χ3v) is 4.00. The van der Waals surface area contributed by atoms with E-state index in [0.717, 1.165) is 32.4 Å². The molecule has 0 unspecified atom stereocenters. The molecule has 6 nitrogen and oxygen atoms in total. The molecule has 3 heterocycles. The van der Waals surface area contributed by atoms with Crippen LogP contribution < -0.4 is 5.32 Å². The van der Waals surface area contributed by atoms with E-state index in [2.05, 4.69) is 15.4 Å². The third kappa shape index (κ3) is 3.44. The number of aryl methyl sites for hydroxylation is 1. The highest BCUT2D eigenvalue weighted by molar-refractivity contribution is 5.75. The maximum Gasteiger partial charge on any atom is 0.317 e. The predicted octanol–water partition coefficient (Wildman–Crippen LogP) is 2.21. The van der Waals surface area contributed by atoms with Crippen LogP contribution in [0, 0.1) is 0 Å². The normalized spacial score (nSPS) is 17.6. The van der Waals surface area contributed by atoms with Crippen molar-refractivity contribution in [1.82, 2.24) is 25.0 Å². The van der Waals surface area contributed by atoms with Gasteiger partial charge < -0.3 is 10.2 Å². The summed E-state index contributed by atoms with van der Waals surface area (Å²) in [7, 11) is 0. The minimum atomic E-state index is 0.0276. The SMILES string of the molecule is O=C(NCCCn1cccn1)N1CCC[C@H]1c1ccncc1. The van der Waals surface area contributed by atoms with Gasteiger partial charge in [-0.1, -0.05) is 0 Å². The zero-order valence-corrected chi connectivity index (χ0v) is 12.6. The minimum absolute atomic E-state index is 0.0276. The zero-order valence-electron chi connectivity index (χ0n) is 12.6. The molecule has 0 spiro atoms. The topological polar surface area (TPSA) is 63.1 Å². The number of pyridine rings is 1. The van der Waals surface area contributed by atoms with Gasteiger partial charge in [0.15, 0.2) is 0 Å². The fourth-order valence-corrected chi connectivity index (χ4v) is 2.91. The van der Waals surface area contributed by atoms with E-state index in [-0.39, 0.29) is 12.1 Å². The number of hydrogen-bond acceptors (Lipinski definition) is 3. The summed E-state index contributed by atoms with van der Waals surface area (Å²) in [5.41, 5.74) is 1.17. The summed E-state index contributed by atoms with van der Waals surface area (Å²) < 4.78 is 1.88. The molecule has 22 heavy (non-hydrogen) atoms. The van der Waals surface area contributed by atoms with E-state index in [1.54, 1.807) is 18.6 Å². The van der Waals surface area contributed by atoms with Crippen molar-refractivity contribution >= 4 is 6.03 Å². The van der Waals surface area contributed by atoms with E-state index in [1.807, 2.05) is 34.0 Å². The lowest BCUT2D eigenvalue weighted by atomic mass is 10.1. The minimum Gasteiger partial charge on any atom is -0.338 e. The maximum absolute atomic E-state index is 12.4. The van der Waals surface area contributed by atoms with Gasteiger partial charge in [0.25, 0.3) is 0 Å². The first-order valence-electron chi connectivity index (χ1n) is 7.76. The fourth-order valence-electron chi connectivity index (χ4n) is 2.91. The van der Waals surface area contributed by atoms with Crippen molar-refractivity contribution in [3.05, 3.63) is 48.5 Å². The molecular formula is C16H21N5O. The second-order valence-electron chi connectivity index (χ2n) is 5.49. The van der Waals surface area contributed by atoms with Gasteiger partial charge in [-0.05, 0) is 43.0 Å². The van der Waals surface area contributed by atoms with E-state index in [4.69, 9.17) is 0 Å². The van der Waals surface area contributed by atoms with Crippen LogP contribution in [0.3, 0.4) is 0 Å². The Balaban J connectivity index is 1.48. The molecule has 1 aliphatic rings. The van der Waals surface area contributed by atoms with Crippen molar-refractivity contribution in [1.29, 1.82) is 0 Å². The second kappa shape index (κ2) is 7.06. The lowest BCUT2D eigenvalue weighted by Crippen LogP contribution is -2.40. The number of nitrogens with zero attached hydrogens (tertiary/aromatic N) is 4. The Bertz CT molecular complexity index is 584. The number of carbonyl (C=O) groups is 1. The molecule has 0 aromatic carbocycles. The Morgan fingerprint density at radius 1 is 1.32 bits per heavy atom. The van der Waals surface area contributed by atoms with Gasteiger partial charge in [-0.2, -0.15) is 5.10 Å². The molecule has 0 bridgehead atoms. The van der Waals surface area contributed by atoms with Crippen LogP contribution in [0.25, 0.3) is 0 Å². The number of aromatic nitrogens is 3. The maximum atomic E-state index is 12.4. The Kier molecular flexibility index (Phi) is 4.68. The quantitative estimate of drug-likeness (QED) is 0.861. The van der Waals surface area contributed by atoms with Gasteiger partial charge in [-0.25, -0.2) is 4.79 Å². The fraction of sp³-hybridized carbons (Fsp3) is 0.438. The lowest BCUT2D eigenvalue weighted by molar-refractivity contribution is 0.192. The first-order chi connectivity index (χ1) is 10.8. The Morgan fingerprint density at radius 3 is 2.95 bits per heavy atom. The van der Waals surface area contributed by atoms with E-state index < -0.39 is 0 Å². The highest BCUT2D eigenvalue weighted by atomic mass is 16.2. The molecule has 1 atom stereocenters. The first kappa shape index (κ1) is 14.6. The van der Waals surface area contributed by atoms with Crippen molar-refractivity contribution in [2.24, 2.45) is 0 Å². The van der Waals surface area contributed by atoms with Crippen molar-refractivity contribution in [3.63, 3.8) is 0 Å². The largest absolute Gasteiger partial charge is 0.338 e. The third-order valence-electron chi connectivity index (χ3n) is 4.00. The van der Waals surface area contributed by atoms with Crippen LogP contribution >= 0.6 is 0 Å². The zero-order chi connectivity index (χ0) is 15.2. The summed E-state index contributed by atoms with van der Waals surface area (Å²) in [6.45, 7) is 2.30. The number of amides is 2. The molecule has 1 fully saturated rings. The van der Waals surface area contributed by atoms with Gasteiger partial charge in [0.05, 0.1) is 6.04 Å². The summed E-state index contributed by atoms with van der Waals surface area (Å²) in [5.74, 6) is 0. The van der Waals surface area contributed by atoms with Crippen molar-refractivity contribution < 1.29 is 4.79 Å². The molecule has 0 radical (unpaired) electrons. The van der Waals surface area contributed by atoms with E-state index in [0.29, 0.717) is 6.54 Å². The number of likely N-dealkylation sites (tertiary alicyclic amines) is 1. The molecule has 0 saturated carbocycles. The predicted molar refractivity (Wildman–Crippen MR) is 83.2 cm³/mol. The number of urea groups is 1. The Morgan fingerprint density at radius 2 is 2.18 bits per heavy atom. The van der Waals surface area contributed by atoms with Gasteiger partial charge in [0.1, 0.15) is 0 Å². The lowest BCUT2D eigenvalue weighted by Gasteiger charge is -2.25. The number of nitrogens with one attached hydrogen (secondary N) is 1. The van der Waals surface area contributed by atoms with Crippen molar-refractivity contribution in [2.45, 2.75) is 31.8 Å². The summed E-state index contributed by atoms with van der Waals surface area (Å²) in [5, 5.41) is 7.17. The standard InChI is InChI=1S/C16H21N5O/c22-16(18-7-2-11-20-12-3-8-19-20)21-13-1-4-15(21)14-5-9-17-10-6-14/h3,5-6,8-10,12,15H,1-2,4,7,11,13H2,(H,18,22)/t15-/m0/s1. The average Bonchev–Trinajstić information content (AvgIpc) is 3.23. The van der Waals surface area contributed by atoms with Crippen LogP contribution in [-0.2, 0) is 6.54 Å². The van der Waals surface area contributed by atoms with Crippen molar-refractivity contribution in [3.8, 4) is 0 Å². The van der Waals surface area contributed by atoms with Crippen LogP contribution in [0.5, 0.6) is 0 Å². The summed E-state index contributed by atoms with van der Waals surface area (Å²) in [4.78, 5) is 18.3. The molecule has 2 amide bonds. The van der Waals surface area contributed by atoms with Crippen LogP contribution in [0.1, 0.15) is 30.9 Å². The molecule has 1 saturated heterocycles. The van der Waals surface area contributed by atoms with Gasteiger partial charge >= 0.3 is 6.03 Å². The van der Waals surface area contributed by atoms with Gasteiger partial charge in [0.2, 0.25) is 0 Å². The molecule has 3 rings (SSSR count). The van der Waals surface area contributed by atoms with Crippen LogP contribution in [-0.4, -0.2) is 38.8 Å². The number of rotatable bonds is 5.